The van der Waals surface area contributed by atoms with Crippen molar-refractivity contribution in [2.24, 2.45) is 4.99 Å². The van der Waals surface area contributed by atoms with Gasteiger partial charge in [-0.05, 0) is 72.3 Å². The molecule has 3 aromatic carbocycles. The van der Waals surface area contributed by atoms with Crippen LogP contribution < -0.4 is 8.92 Å². The molecule has 0 saturated carbocycles. The van der Waals surface area contributed by atoms with E-state index in [0.717, 1.165) is 0 Å². The van der Waals surface area contributed by atoms with Crippen molar-refractivity contribution >= 4 is 39.7 Å². The molecule has 0 radical (unpaired) electrons. The van der Waals surface area contributed by atoms with Gasteiger partial charge in [0, 0.05) is 10.6 Å². The number of ether oxygens (including phenoxy) is 2. The van der Waals surface area contributed by atoms with Crippen molar-refractivity contribution in [3.05, 3.63) is 94.6 Å². The van der Waals surface area contributed by atoms with Gasteiger partial charge in [0.05, 0.1) is 7.11 Å². The summed E-state index contributed by atoms with van der Waals surface area (Å²) in [5, 5.41) is 0.552. The smallest absolute Gasteiger partial charge is 0.363 e. The highest BCUT2D eigenvalue weighted by Crippen LogP contribution is 2.24. The lowest BCUT2D eigenvalue weighted by Crippen LogP contribution is -2.09. The highest BCUT2D eigenvalue weighted by Gasteiger charge is 2.24. The number of nitrogens with zero attached hydrogens (tertiary/aromatic N) is 1. The largest absolute Gasteiger partial charge is 0.497 e. The van der Waals surface area contributed by atoms with Gasteiger partial charge in [-0.1, -0.05) is 23.7 Å². The second-order valence-electron chi connectivity index (χ2n) is 6.63. The first kappa shape index (κ1) is 21.6. The maximum atomic E-state index is 12.5. The number of benzene rings is 3. The first-order chi connectivity index (χ1) is 15.3. The quantitative estimate of drug-likeness (QED) is 0.301. The summed E-state index contributed by atoms with van der Waals surface area (Å²) in [6, 6.07) is 18.8. The molecule has 0 aromatic heterocycles. The molecule has 0 unspecified atom stereocenters. The minimum Gasteiger partial charge on any atom is -0.497 e. The molecule has 4 rings (SSSR count). The number of hydrogen-bond donors (Lipinski definition) is 0. The predicted molar refractivity (Wildman–Crippen MR) is 119 cm³/mol. The summed E-state index contributed by atoms with van der Waals surface area (Å²) < 4.78 is 40.6. The highest BCUT2D eigenvalue weighted by atomic mass is 35.5. The van der Waals surface area contributed by atoms with Gasteiger partial charge in [0.15, 0.2) is 5.70 Å². The van der Waals surface area contributed by atoms with Crippen LogP contribution >= 0.6 is 11.6 Å². The van der Waals surface area contributed by atoms with Crippen LogP contribution in [0.4, 0.5) is 0 Å². The van der Waals surface area contributed by atoms with Crippen LogP contribution in [0.2, 0.25) is 5.02 Å². The number of cyclic esters (lactones) is 1. The molecule has 7 nitrogen and oxygen atoms in total. The van der Waals surface area contributed by atoms with Crippen LogP contribution in [0.5, 0.6) is 11.5 Å². The normalized spacial score (nSPS) is 14.8. The minimum atomic E-state index is -4.05. The van der Waals surface area contributed by atoms with Gasteiger partial charge in [0.25, 0.3) is 0 Å². The highest BCUT2D eigenvalue weighted by molar-refractivity contribution is 7.87. The fraction of sp³-hybridized carbons (Fsp3) is 0.0435. The minimum absolute atomic E-state index is 0.0152. The van der Waals surface area contributed by atoms with Crippen LogP contribution in [0.3, 0.4) is 0 Å². The zero-order valence-electron chi connectivity index (χ0n) is 16.7. The van der Waals surface area contributed by atoms with Crippen molar-refractivity contribution in [2.45, 2.75) is 4.90 Å². The Morgan fingerprint density at radius 2 is 1.69 bits per heavy atom. The topological polar surface area (TPSA) is 91.3 Å². The summed E-state index contributed by atoms with van der Waals surface area (Å²) in [6.45, 7) is 0. The number of esters is 1. The summed E-state index contributed by atoms with van der Waals surface area (Å²) in [4.78, 5) is 16.4. The fourth-order valence-electron chi connectivity index (χ4n) is 2.86. The molecular weight excluding hydrogens is 454 g/mol. The lowest BCUT2D eigenvalue weighted by molar-refractivity contribution is -0.129. The van der Waals surface area contributed by atoms with E-state index in [9.17, 15) is 13.2 Å². The molecule has 0 amide bonds. The van der Waals surface area contributed by atoms with Crippen molar-refractivity contribution in [2.75, 3.05) is 7.11 Å². The Morgan fingerprint density at radius 3 is 2.38 bits per heavy atom. The third-order valence-corrected chi connectivity index (χ3v) is 5.94. The molecule has 1 aliphatic rings. The van der Waals surface area contributed by atoms with Gasteiger partial charge in [-0.2, -0.15) is 8.42 Å². The first-order valence-corrected chi connectivity index (χ1v) is 11.1. The molecule has 0 bridgehead atoms. The van der Waals surface area contributed by atoms with Gasteiger partial charge in [-0.3, -0.25) is 0 Å². The van der Waals surface area contributed by atoms with E-state index in [0.29, 0.717) is 21.9 Å². The van der Waals surface area contributed by atoms with Crippen molar-refractivity contribution in [1.82, 2.24) is 0 Å². The molecule has 3 aromatic rings. The lowest BCUT2D eigenvalue weighted by atomic mass is 10.2. The third-order valence-electron chi connectivity index (χ3n) is 4.43. The summed E-state index contributed by atoms with van der Waals surface area (Å²) in [5.41, 5.74) is 1.19. The number of hydrogen-bond acceptors (Lipinski definition) is 7. The van der Waals surface area contributed by atoms with Crippen molar-refractivity contribution < 1.29 is 26.9 Å². The van der Waals surface area contributed by atoms with E-state index in [1.165, 1.54) is 49.6 Å². The summed E-state index contributed by atoms with van der Waals surface area (Å²) in [5.74, 6) is 0.155. The van der Waals surface area contributed by atoms with Crippen LogP contribution in [-0.2, 0) is 19.6 Å². The van der Waals surface area contributed by atoms with Gasteiger partial charge < -0.3 is 13.7 Å². The van der Waals surface area contributed by atoms with Crippen molar-refractivity contribution in [3.63, 3.8) is 0 Å². The van der Waals surface area contributed by atoms with Gasteiger partial charge >= 0.3 is 16.1 Å². The lowest BCUT2D eigenvalue weighted by Gasteiger charge is -2.08. The zero-order chi connectivity index (χ0) is 22.7. The predicted octanol–water partition coefficient (Wildman–Crippen LogP) is 4.46. The second kappa shape index (κ2) is 8.86. The van der Waals surface area contributed by atoms with E-state index in [2.05, 4.69) is 4.99 Å². The average molecular weight is 470 g/mol. The Morgan fingerprint density at radius 1 is 0.969 bits per heavy atom. The maximum Gasteiger partial charge on any atom is 0.363 e. The van der Waals surface area contributed by atoms with Crippen LogP contribution in [-0.4, -0.2) is 27.4 Å². The van der Waals surface area contributed by atoms with Gasteiger partial charge in [0.2, 0.25) is 5.90 Å². The fourth-order valence-corrected chi connectivity index (χ4v) is 3.90. The number of rotatable bonds is 6. The Bertz CT molecular complexity index is 1330. The maximum absolute atomic E-state index is 12.5. The molecule has 9 heteroatoms. The summed E-state index contributed by atoms with van der Waals surface area (Å²) in [7, 11) is -2.56. The number of carbonyl (C=O) groups excluding carboxylic acids is 1. The molecule has 0 spiro atoms. The molecule has 32 heavy (non-hydrogen) atoms. The van der Waals surface area contributed by atoms with E-state index in [-0.39, 0.29) is 22.2 Å². The van der Waals surface area contributed by atoms with E-state index in [1.807, 2.05) is 0 Å². The van der Waals surface area contributed by atoms with E-state index in [1.54, 1.807) is 36.4 Å². The molecular formula is C23H16ClNO6S. The first-order valence-electron chi connectivity index (χ1n) is 9.31. The average Bonchev–Trinajstić information content (AvgIpc) is 3.14. The Hall–Kier alpha value is -3.62. The van der Waals surface area contributed by atoms with Crippen LogP contribution in [0, 0.1) is 0 Å². The van der Waals surface area contributed by atoms with Gasteiger partial charge in [-0.25, -0.2) is 9.79 Å². The van der Waals surface area contributed by atoms with Crippen molar-refractivity contribution in [1.29, 1.82) is 0 Å². The zero-order valence-corrected chi connectivity index (χ0v) is 18.3. The number of aliphatic imine (C=N–C) groups is 1. The van der Waals surface area contributed by atoms with E-state index in [4.69, 9.17) is 25.3 Å². The Kier molecular flexibility index (Phi) is 5.98. The number of halogens is 1. The molecule has 162 valence electrons. The van der Waals surface area contributed by atoms with E-state index >= 15 is 0 Å². The van der Waals surface area contributed by atoms with Crippen molar-refractivity contribution in [3.8, 4) is 11.5 Å². The molecule has 0 aliphatic carbocycles. The monoisotopic (exact) mass is 469 g/mol. The summed E-state index contributed by atoms with van der Waals surface area (Å²) >= 11 is 5.88. The Balaban J connectivity index is 1.56. The van der Waals surface area contributed by atoms with Crippen LogP contribution in [0.25, 0.3) is 6.08 Å². The van der Waals surface area contributed by atoms with Crippen LogP contribution in [0.1, 0.15) is 11.1 Å². The third kappa shape index (κ3) is 4.82. The van der Waals surface area contributed by atoms with E-state index < -0.39 is 16.1 Å². The SMILES string of the molecule is COc1ccc(S(=O)(=O)Oc2cccc(/C=C3/N=C(c4ccc(Cl)cc4)OC3=O)c2)cc1. The molecule has 0 N–H and O–H groups in total. The number of methoxy groups -OCH3 is 1. The molecule has 1 aliphatic heterocycles. The standard InChI is InChI=1S/C23H16ClNO6S/c1-29-18-9-11-20(12-10-18)32(27,28)31-19-4-2-3-15(13-19)14-21-23(26)30-22(25-21)16-5-7-17(24)8-6-16/h2-14H,1H3/b21-14+. The van der Waals surface area contributed by atoms with Crippen LogP contribution in [0.15, 0.2) is 88.4 Å². The molecule has 0 atom stereocenters. The number of carbonyl (C=O) groups is 1. The molecule has 0 fully saturated rings. The second-order valence-corrected chi connectivity index (χ2v) is 8.61. The van der Waals surface area contributed by atoms with Gasteiger partial charge in [0.1, 0.15) is 16.4 Å². The summed E-state index contributed by atoms with van der Waals surface area (Å²) in [6.07, 6.45) is 1.48. The molecule has 1 heterocycles. The Labute approximate surface area is 189 Å². The van der Waals surface area contributed by atoms with Gasteiger partial charge in [-0.15, -0.1) is 0 Å². The molecule has 0 saturated heterocycles.